The van der Waals surface area contributed by atoms with E-state index in [9.17, 15) is 53.4 Å². The van der Waals surface area contributed by atoms with E-state index in [-0.39, 0.29) is 85.8 Å². The first kappa shape index (κ1) is 72.8. The molecule has 8 rings (SSSR count). The van der Waals surface area contributed by atoms with Crippen LogP contribution in [-0.4, -0.2) is 120 Å². The number of aliphatic hydroxyl groups excluding tert-OH is 1. The van der Waals surface area contributed by atoms with Gasteiger partial charge in [-0.3, -0.25) is 38.9 Å². The van der Waals surface area contributed by atoms with Crippen molar-refractivity contribution in [3.05, 3.63) is 88.5 Å². The van der Waals surface area contributed by atoms with Crippen molar-refractivity contribution in [2.24, 2.45) is 40.1 Å². The number of carbonyl (C=O) groups is 9. The summed E-state index contributed by atoms with van der Waals surface area (Å²) in [6.45, 7) is 11.2. The predicted molar refractivity (Wildman–Crippen MR) is 359 cm³/mol. The third-order valence-electron chi connectivity index (χ3n) is 21.0. The molecular weight excluding hydrogens is 1210 g/mol. The largest absolute Gasteiger partial charge is 0.508 e. The van der Waals surface area contributed by atoms with Gasteiger partial charge < -0.3 is 68.4 Å². The zero-order valence-electron chi connectivity index (χ0n) is 56.1. The van der Waals surface area contributed by atoms with Crippen molar-refractivity contribution in [3.8, 4) is 17.6 Å². The monoisotopic (exact) mass is 1310 g/mol. The van der Waals surface area contributed by atoms with Crippen LogP contribution in [-0.2, 0) is 73.3 Å². The van der Waals surface area contributed by atoms with E-state index >= 15 is 0 Å². The Kier molecular flexibility index (Phi) is 25.0. The predicted octanol–water partition coefficient (Wildman–Crippen LogP) is 6.96. The summed E-state index contributed by atoms with van der Waals surface area (Å²) in [6.07, 6.45) is 12.8. The molecule has 0 aliphatic heterocycles. The molecule has 2 saturated carbocycles. The van der Waals surface area contributed by atoms with Crippen molar-refractivity contribution in [2.75, 3.05) is 36.9 Å². The highest BCUT2D eigenvalue weighted by atomic mass is 16.5. The van der Waals surface area contributed by atoms with Crippen molar-refractivity contribution >= 4 is 64.8 Å². The Morgan fingerprint density at radius 1 is 0.642 bits per heavy atom. The Hall–Kier alpha value is -8.07. The zero-order valence-corrected chi connectivity index (χ0v) is 56.1. The van der Waals surface area contributed by atoms with Crippen molar-refractivity contribution in [2.45, 2.75) is 218 Å². The van der Waals surface area contributed by atoms with Gasteiger partial charge in [0.05, 0.1) is 23.5 Å². The van der Waals surface area contributed by atoms with Gasteiger partial charge in [-0.2, -0.15) is 0 Å². The summed E-state index contributed by atoms with van der Waals surface area (Å²) in [4.78, 5) is 121. The summed E-state index contributed by atoms with van der Waals surface area (Å²) in [5.41, 5.74) is 14.7. The fraction of sp³-hybridized carbons (Fsp3) is 0.597. The van der Waals surface area contributed by atoms with E-state index in [1.165, 1.54) is 5.56 Å². The maximum absolute atomic E-state index is 14.8. The second-order valence-corrected chi connectivity index (χ2v) is 28.1. The first-order valence-corrected chi connectivity index (χ1v) is 34.1. The molecule has 3 aromatic rings. The van der Waals surface area contributed by atoms with Gasteiger partial charge in [-0.05, 0) is 196 Å². The van der Waals surface area contributed by atoms with Crippen LogP contribution in [0.1, 0.15) is 185 Å². The number of hydrogen-bond donors (Lipinski definition) is 12. The Balaban J connectivity index is 0.800. The number of imide groups is 1. The number of phenols is 1. The number of aromatic hydroxyl groups is 1. The number of hydrogen-bond acceptors (Lipinski definition) is 14. The summed E-state index contributed by atoms with van der Waals surface area (Å²) in [5, 5.41) is 42.7. The fourth-order valence-electron chi connectivity index (χ4n) is 15.6. The van der Waals surface area contributed by atoms with Crippen LogP contribution >= 0.6 is 0 Å². The van der Waals surface area contributed by atoms with E-state index in [1.807, 2.05) is 38.1 Å². The quantitative estimate of drug-likeness (QED) is 0.0209. The van der Waals surface area contributed by atoms with Crippen LogP contribution in [0.3, 0.4) is 0 Å². The van der Waals surface area contributed by atoms with E-state index in [2.05, 4.69) is 68.2 Å². The molecule has 516 valence electrons. The van der Waals surface area contributed by atoms with Crippen LogP contribution < -0.4 is 54.0 Å². The number of rotatable bonds is 27. The molecular formula is C72H100N10O13. The number of aryl methyl sites for hydroxylation is 2. The molecule has 10 amide bonds. The first-order chi connectivity index (χ1) is 45.3. The number of anilines is 2. The number of fused-ring (bicyclic) bond motifs is 6. The number of alkyl carbamates (subject to hydrolysis) is 1. The minimum absolute atomic E-state index is 0.0145. The molecule has 1 unspecified atom stereocenters. The standard InChI is InChI=1S/C72H100N10O13/c1-44(2)60(81-61(86)54(73)19-12-13-37-75-59(85)43-94-51-17-10-8-7-9-11-18-51)64(89)79-55(20-14-38-76-67(74)92)62(87)77-48-27-21-45(22-28-48)42-95-68(93)80-56(41-83)63(88)78-49-29-23-46-25-31-57-69(3,52(46)39-49)33-15-35-71(57,5)65(90)82-66(91)72(6)36-16-34-70(4)53-40-50(84)30-24-47(53)26-32-58(70)72/h21-24,27-30,39-40,44,51,54-58,60,83-84H,7-10,12-17,19-20,25-26,31-38,41-43,73H2,1-6H3,(H,75,85)(H,77,87)(H,78,88)(H,79,89)(H,80,93)(H,81,86)(H3,74,76,92)(H,82,90,91)/t51?,54-,55-,56-,57+,58+,60-,69+,70+,71-,72-/m0/s1. The molecule has 23 nitrogen and oxygen atoms in total. The van der Waals surface area contributed by atoms with Crippen LogP contribution in [0.4, 0.5) is 21.0 Å². The fourth-order valence-corrected chi connectivity index (χ4v) is 15.6. The lowest BCUT2D eigenvalue weighted by molar-refractivity contribution is -0.150. The minimum Gasteiger partial charge on any atom is -0.508 e. The topological polar surface area (TPSA) is 361 Å². The maximum Gasteiger partial charge on any atom is 0.408 e. The van der Waals surface area contributed by atoms with Gasteiger partial charge in [0.15, 0.2) is 0 Å². The second kappa shape index (κ2) is 32.6. The Morgan fingerprint density at radius 3 is 1.89 bits per heavy atom. The number of unbranched alkanes of at least 4 members (excludes halogenated alkanes) is 1. The lowest BCUT2D eigenvalue weighted by Crippen LogP contribution is -2.60. The first-order valence-electron chi connectivity index (χ1n) is 34.1. The molecule has 0 bridgehead atoms. The van der Waals surface area contributed by atoms with Gasteiger partial charge in [0.25, 0.3) is 0 Å². The van der Waals surface area contributed by atoms with Gasteiger partial charge in [-0.25, -0.2) is 9.59 Å². The summed E-state index contributed by atoms with van der Waals surface area (Å²) in [5.74, 6) is 2.61. The highest BCUT2D eigenvalue weighted by Gasteiger charge is 2.58. The average molecular weight is 1310 g/mol. The molecule has 0 aromatic heterocycles. The number of benzene rings is 3. The van der Waals surface area contributed by atoms with Gasteiger partial charge in [0.1, 0.15) is 43.2 Å². The Labute approximate surface area is 558 Å². The maximum atomic E-state index is 14.8. The van der Waals surface area contributed by atoms with Crippen LogP contribution in [0.2, 0.25) is 0 Å². The van der Waals surface area contributed by atoms with Crippen molar-refractivity contribution in [1.29, 1.82) is 0 Å². The van der Waals surface area contributed by atoms with Crippen LogP contribution in [0.15, 0.2) is 60.7 Å². The van der Waals surface area contributed by atoms with Crippen LogP contribution in [0, 0.1) is 40.4 Å². The van der Waals surface area contributed by atoms with Crippen molar-refractivity contribution in [1.82, 2.24) is 31.9 Å². The molecule has 14 N–H and O–H groups in total. The number of aliphatic hydroxyl groups is 1. The number of primary amides is 1. The van der Waals surface area contributed by atoms with E-state index in [0.29, 0.717) is 55.6 Å². The average Bonchev–Trinajstić information content (AvgIpc) is 0.729. The molecule has 11 atom stereocenters. The molecule has 0 spiro atoms. The SMILES string of the molecule is CC(C)[C@H](NC(=O)[C@@H](N)CCCCNC(=O)COC1C#CCCCCC1)C(=O)N[C@@H](CCCNC(N)=O)C(=O)Nc1ccc(COC(=O)N[C@@H](CO)C(=O)Nc2ccc3c(c2)[C@@]2(C)CCC[C@](C)(C(=O)NC(=O)[C@@]4(C)CCC[C@]5(C)c6cc(O)ccc6CC[C@@H]45)[C@@H]2CC3)cc1. The number of ether oxygens (including phenoxy) is 2. The molecule has 5 aliphatic carbocycles. The van der Waals surface area contributed by atoms with Crippen molar-refractivity contribution in [3.63, 3.8) is 0 Å². The third-order valence-corrected chi connectivity index (χ3v) is 21.0. The molecule has 2 fully saturated rings. The van der Waals surface area contributed by atoms with Crippen LogP contribution in [0.25, 0.3) is 0 Å². The number of amides is 10. The lowest BCUT2D eigenvalue weighted by atomic mass is 9.49. The molecule has 23 heteroatoms. The van der Waals surface area contributed by atoms with E-state index in [4.69, 9.17) is 20.9 Å². The second-order valence-electron chi connectivity index (χ2n) is 28.1. The highest BCUT2D eigenvalue weighted by molar-refractivity contribution is 6.01. The summed E-state index contributed by atoms with van der Waals surface area (Å²) in [6, 6.07) is 12.2. The summed E-state index contributed by atoms with van der Waals surface area (Å²) in [7, 11) is 0. The number of urea groups is 1. The summed E-state index contributed by atoms with van der Waals surface area (Å²) >= 11 is 0. The lowest BCUT2D eigenvalue weighted by Gasteiger charge is -2.56. The third kappa shape index (κ3) is 18.1. The van der Waals surface area contributed by atoms with Gasteiger partial charge in [-0.15, -0.1) is 5.92 Å². The summed E-state index contributed by atoms with van der Waals surface area (Å²) < 4.78 is 11.1. The smallest absolute Gasteiger partial charge is 0.408 e. The molecule has 0 heterocycles. The normalized spacial score (nSPS) is 24.7. The van der Waals surface area contributed by atoms with Gasteiger partial charge in [0, 0.05) is 30.9 Å². The van der Waals surface area contributed by atoms with Crippen molar-refractivity contribution < 1.29 is 62.8 Å². The number of carbonyl (C=O) groups excluding carboxylic acids is 9. The molecule has 5 aliphatic rings. The van der Waals surface area contributed by atoms with E-state index < -0.39 is 88.7 Å². The van der Waals surface area contributed by atoms with E-state index in [1.54, 1.807) is 50.2 Å². The van der Waals surface area contributed by atoms with Gasteiger partial charge in [-0.1, -0.05) is 91.0 Å². The highest BCUT2D eigenvalue weighted by Crippen LogP contribution is 2.60. The molecule has 3 aromatic carbocycles. The molecule has 95 heavy (non-hydrogen) atoms. The van der Waals surface area contributed by atoms with Crippen LogP contribution in [0.5, 0.6) is 5.75 Å². The Morgan fingerprint density at radius 2 is 1.25 bits per heavy atom. The number of phenolic OH excluding ortho intramolecular Hbond substituents is 1. The molecule has 0 saturated heterocycles. The zero-order chi connectivity index (χ0) is 68.7. The number of nitrogens with one attached hydrogen (secondary N) is 8. The Bertz CT molecular complexity index is 3350. The minimum atomic E-state index is -1.39. The van der Waals surface area contributed by atoms with E-state index in [0.717, 1.165) is 93.7 Å². The molecule has 0 radical (unpaired) electrons. The van der Waals surface area contributed by atoms with Gasteiger partial charge in [0.2, 0.25) is 41.4 Å². The van der Waals surface area contributed by atoms with Gasteiger partial charge >= 0.3 is 12.1 Å². The number of nitrogens with two attached hydrogens (primary N) is 2.